The third kappa shape index (κ3) is 5.12. The van der Waals surface area contributed by atoms with E-state index >= 15 is 0 Å². The Kier molecular flexibility index (Phi) is 5.07. The van der Waals surface area contributed by atoms with Crippen LogP contribution in [-0.4, -0.2) is 34.9 Å². The minimum absolute atomic E-state index is 0.0144. The summed E-state index contributed by atoms with van der Waals surface area (Å²) in [5.41, 5.74) is 0.784. The lowest BCUT2D eigenvalue weighted by Crippen LogP contribution is -2.42. The highest BCUT2D eigenvalue weighted by Gasteiger charge is 2.18. The van der Waals surface area contributed by atoms with Crippen molar-refractivity contribution in [1.29, 1.82) is 0 Å². The Labute approximate surface area is 107 Å². The molecule has 98 valence electrons. The maximum absolute atomic E-state index is 11.5. The number of hydrogen-bond donors (Lipinski definition) is 3. The Morgan fingerprint density at radius 3 is 2.83 bits per heavy atom. The molecule has 0 aromatic heterocycles. The number of nitrogens with one attached hydrogen (secondary N) is 1. The lowest BCUT2D eigenvalue weighted by atomic mass is 10.1. The van der Waals surface area contributed by atoms with Crippen LogP contribution in [0.25, 0.3) is 6.08 Å². The second-order valence-corrected chi connectivity index (χ2v) is 4.62. The molecule has 18 heavy (non-hydrogen) atoms. The van der Waals surface area contributed by atoms with Crippen molar-refractivity contribution in [2.24, 2.45) is 0 Å². The smallest absolute Gasteiger partial charge is 0.244 e. The van der Waals surface area contributed by atoms with E-state index in [-0.39, 0.29) is 12.5 Å². The zero-order chi connectivity index (χ0) is 13.6. The van der Waals surface area contributed by atoms with Gasteiger partial charge in [0.2, 0.25) is 5.91 Å². The fraction of sp³-hybridized carbons (Fsp3) is 0.357. The van der Waals surface area contributed by atoms with Gasteiger partial charge in [-0.25, -0.2) is 0 Å². The minimum atomic E-state index is -1.28. The highest BCUT2D eigenvalue weighted by atomic mass is 16.3. The van der Waals surface area contributed by atoms with Crippen molar-refractivity contribution in [2.75, 3.05) is 13.2 Å². The van der Waals surface area contributed by atoms with Gasteiger partial charge in [-0.3, -0.25) is 4.79 Å². The van der Waals surface area contributed by atoms with Crippen molar-refractivity contribution < 1.29 is 15.0 Å². The Hall–Kier alpha value is -1.65. The van der Waals surface area contributed by atoms with E-state index in [2.05, 4.69) is 5.32 Å². The standard InChI is InChI=1S/C14H19NO3/c1-11-4-3-5-12(8-11)6-7-13(17)15-9-14(2,18)10-16/h3-8,16,18H,9-10H2,1-2H3,(H,15,17). The summed E-state index contributed by atoms with van der Waals surface area (Å²) in [5.74, 6) is -0.301. The van der Waals surface area contributed by atoms with Gasteiger partial charge < -0.3 is 15.5 Å². The first kappa shape index (κ1) is 14.4. The molecule has 1 atom stereocenters. The number of aliphatic hydroxyl groups excluding tert-OH is 1. The van der Waals surface area contributed by atoms with Crippen LogP contribution < -0.4 is 5.32 Å². The summed E-state index contributed by atoms with van der Waals surface area (Å²) in [7, 11) is 0. The molecule has 1 rings (SSSR count). The van der Waals surface area contributed by atoms with Gasteiger partial charge in [-0.2, -0.15) is 0 Å². The first-order valence-corrected chi connectivity index (χ1v) is 5.79. The van der Waals surface area contributed by atoms with Crippen LogP contribution in [0.4, 0.5) is 0 Å². The van der Waals surface area contributed by atoms with E-state index in [0.717, 1.165) is 11.1 Å². The largest absolute Gasteiger partial charge is 0.393 e. The van der Waals surface area contributed by atoms with Crippen LogP contribution in [0.5, 0.6) is 0 Å². The molecule has 4 heteroatoms. The van der Waals surface area contributed by atoms with Gasteiger partial charge in [0, 0.05) is 12.6 Å². The third-order valence-electron chi connectivity index (χ3n) is 2.45. The van der Waals surface area contributed by atoms with Crippen molar-refractivity contribution >= 4 is 12.0 Å². The number of rotatable bonds is 5. The molecule has 3 N–H and O–H groups in total. The van der Waals surface area contributed by atoms with E-state index in [1.165, 1.54) is 13.0 Å². The molecule has 1 aromatic carbocycles. The zero-order valence-corrected chi connectivity index (χ0v) is 10.7. The number of carbonyl (C=O) groups is 1. The van der Waals surface area contributed by atoms with Crippen molar-refractivity contribution in [3.8, 4) is 0 Å². The molecular formula is C14H19NO3. The summed E-state index contributed by atoms with van der Waals surface area (Å²) >= 11 is 0. The van der Waals surface area contributed by atoms with Crippen LogP contribution >= 0.6 is 0 Å². The van der Waals surface area contributed by atoms with Crippen molar-refractivity contribution in [1.82, 2.24) is 5.32 Å². The quantitative estimate of drug-likeness (QED) is 0.678. The Morgan fingerprint density at radius 2 is 2.22 bits per heavy atom. The Morgan fingerprint density at radius 1 is 1.50 bits per heavy atom. The van der Waals surface area contributed by atoms with Gasteiger partial charge >= 0.3 is 0 Å². The molecule has 0 saturated heterocycles. The molecule has 0 aliphatic heterocycles. The van der Waals surface area contributed by atoms with Crippen LogP contribution in [0.15, 0.2) is 30.3 Å². The first-order valence-electron chi connectivity index (χ1n) is 5.79. The third-order valence-corrected chi connectivity index (χ3v) is 2.45. The molecule has 0 spiro atoms. The van der Waals surface area contributed by atoms with Crippen LogP contribution in [0.1, 0.15) is 18.1 Å². The molecule has 0 fully saturated rings. The van der Waals surface area contributed by atoms with Crippen molar-refractivity contribution in [2.45, 2.75) is 19.4 Å². The van der Waals surface area contributed by atoms with E-state index in [9.17, 15) is 9.90 Å². The topological polar surface area (TPSA) is 69.6 Å². The van der Waals surface area contributed by atoms with Gasteiger partial charge in [-0.1, -0.05) is 29.8 Å². The van der Waals surface area contributed by atoms with E-state index in [1.807, 2.05) is 31.2 Å². The number of aliphatic hydroxyl groups is 2. The predicted octanol–water partition coefficient (Wildman–Crippen LogP) is 0.868. The average molecular weight is 249 g/mol. The highest BCUT2D eigenvalue weighted by Crippen LogP contribution is 2.05. The van der Waals surface area contributed by atoms with Gasteiger partial charge in [0.15, 0.2) is 0 Å². The monoisotopic (exact) mass is 249 g/mol. The van der Waals surface area contributed by atoms with E-state index in [4.69, 9.17) is 5.11 Å². The molecule has 4 nitrogen and oxygen atoms in total. The van der Waals surface area contributed by atoms with Gasteiger partial charge in [0.1, 0.15) is 5.60 Å². The van der Waals surface area contributed by atoms with Crippen LogP contribution in [0, 0.1) is 6.92 Å². The molecule has 0 saturated carbocycles. The second-order valence-electron chi connectivity index (χ2n) is 4.62. The van der Waals surface area contributed by atoms with Crippen LogP contribution in [0.2, 0.25) is 0 Å². The summed E-state index contributed by atoms with van der Waals surface area (Å²) < 4.78 is 0. The van der Waals surface area contributed by atoms with Gasteiger partial charge in [-0.05, 0) is 25.5 Å². The molecule has 1 aromatic rings. The van der Waals surface area contributed by atoms with Gasteiger partial charge in [-0.15, -0.1) is 0 Å². The normalized spacial score (nSPS) is 14.4. The number of hydrogen-bond acceptors (Lipinski definition) is 3. The Bertz CT molecular complexity index is 438. The predicted molar refractivity (Wildman–Crippen MR) is 70.9 cm³/mol. The molecule has 0 aliphatic rings. The number of carbonyl (C=O) groups excluding carboxylic acids is 1. The summed E-state index contributed by atoms with van der Waals surface area (Å²) in [4.78, 5) is 11.5. The molecule has 1 unspecified atom stereocenters. The molecule has 0 bridgehead atoms. The highest BCUT2D eigenvalue weighted by molar-refractivity contribution is 5.91. The number of benzene rings is 1. The maximum Gasteiger partial charge on any atom is 0.244 e. The molecule has 0 radical (unpaired) electrons. The average Bonchev–Trinajstić information content (AvgIpc) is 2.34. The van der Waals surface area contributed by atoms with E-state index in [0.29, 0.717) is 0 Å². The fourth-order valence-electron chi connectivity index (χ4n) is 1.34. The lowest BCUT2D eigenvalue weighted by Gasteiger charge is -2.19. The first-order chi connectivity index (χ1) is 8.43. The van der Waals surface area contributed by atoms with Crippen LogP contribution in [-0.2, 0) is 4.79 Å². The fourth-order valence-corrected chi connectivity index (χ4v) is 1.34. The van der Waals surface area contributed by atoms with Crippen molar-refractivity contribution in [3.05, 3.63) is 41.5 Å². The Balaban J connectivity index is 2.50. The summed E-state index contributed by atoms with van der Waals surface area (Å²) in [6.45, 7) is 3.06. The molecule has 1 amide bonds. The summed E-state index contributed by atoms with van der Waals surface area (Å²) in [5, 5.41) is 20.9. The summed E-state index contributed by atoms with van der Waals surface area (Å²) in [6, 6.07) is 7.77. The maximum atomic E-state index is 11.5. The SMILES string of the molecule is Cc1cccc(C=CC(=O)NCC(C)(O)CO)c1. The number of amides is 1. The van der Waals surface area contributed by atoms with Gasteiger partial charge in [0.05, 0.1) is 6.61 Å². The zero-order valence-electron chi connectivity index (χ0n) is 10.7. The van der Waals surface area contributed by atoms with Gasteiger partial charge in [0.25, 0.3) is 0 Å². The van der Waals surface area contributed by atoms with E-state index in [1.54, 1.807) is 6.08 Å². The van der Waals surface area contributed by atoms with E-state index < -0.39 is 12.2 Å². The van der Waals surface area contributed by atoms with Crippen LogP contribution in [0.3, 0.4) is 0 Å². The molecule has 0 heterocycles. The molecule has 0 aliphatic carbocycles. The van der Waals surface area contributed by atoms with Crippen molar-refractivity contribution in [3.63, 3.8) is 0 Å². The number of aryl methyl sites for hydroxylation is 1. The minimum Gasteiger partial charge on any atom is -0.393 e. The molecular weight excluding hydrogens is 230 g/mol. The lowest BCUT2D eigenvalue weighted by molar-refractivity contribution is -0.117. The summed E-state index contributed by atoms with van der Waals surface area (Å²) in [6.07, 6.45) is 3.11. The second kappa shape index (κ2) is 6.33.